The number of aromatic nitrogens is 4. The lowest BCUT2D eigenvalue weighted by Crippen LogP contribution is -2.64. The lowest BCUT2D eigenvalue weighted by atomic mass is 9.77. The molecule has 14 rings (SSSR count). The minimum atomic E-state index is -2.13. The highest BCUT2D eigenvalue weighted by molar-refractivity contribution is 5.90. The average Bonchev–Trinajstić information content (AvgIpc) is 1.39. The molecule has 0 aliphatic carbocycles. The molecule has 6 aliphatic heterocycles. The highest BCUT2D eigenvalue weighted by atomic mass is 16.8. The molecule has 101 heavy (non-hydrogen) atoms. The summed E-state index contributed by atoms with van der Waals surface area (Å²) in [6, 6.07) is 57.3. The second kappa shape index (κ2) is 26.9. The molecule has 3 amide bonds. The van der Waals surface area contributed by atoms with Crippen LogP contribution in [-0.2, 0) is 90.5 Å². The Hall–Kier alpha value is -8.82. The van der Waals surface area contributed by atoms with E-state index in [1.165, 1.54) is 0 Å². The number of fused-ring (bicyclic) bond motifs is 2. The molecule has 528 valence electrons. The van der Waals surface area contributed by atoms with E-state index in [0.29, 0.717) is 11.4 Å². The third-order valence-corrected chi connectivity index (χ3v) is 19.8. The van der Waals surface area contributed by atoms with Crippen LogP contribution < -0.4 is 21.7 Å². The number of ether oxygens (including phenoxy) is 10. The molecular formula is C78H86N8O15. The van der Waals surface area contributed by atoms with Crippen molar-refractivity contribution in [2.45, 2.75) is 188 Å². The molecule has 2 aromatic heterocycles. The third kappa shape index (κ3) is 13.3. The van der Waals surface area contributed by atoms with Crippen LogP contribution in [0.2, 0.25) is 0 Å². The van der Waals surface area contributed by atoms with Crippen LogP contribution in [0.1, 0.15) is 113 Å². The van der Waals surface area contributed by atoms with Crippen LogP contribution >= 0.6 is 0 Å². The van der Waals surface area contributed by atoms with E-state index < -0.39 is 143 Å². The number of carbonyl (C=O) groups is 4. The SMILES string of the molecule is CC1(C)OC[C@@H]([C@@H]2O[C@@](CC(=O)N[C@@H](Cc3cn(C(c4ccccc4)(c4ccccc4)c4ccccc4)cn3)C(=O)N[C@]3(CC(=O)O)O[C@@H]([C@@H]4COC(C)(C)O4)[C@H]4OC(C)(C)O[C@H]43)(NC(=O)[C@H](N)Cc3cn(C(c4ccccc4)(c4ccccc4)c4ccccc4)cn3)[C@@H]3OC(C)(C)O[C@H]23)O1. The molecular weight excluding hydrogens is 1290 g/mol. The Morgan fingerprint density at radius 2 is 0.812 bits per heavy atom. The summed E-state index contributed by atoms with van der Waals surface area (Å²) >= 11 is 0. The van der Waals surface area contributed by atoms with Crippen molar-refractivity contribution in [3.05, 3.63) is 252 Å². The molecule has 6 N–H and O–H groups in total. The summed E-state index contributed by atoms with van der Waals surface area (Å²) in [5.41, 5.74) is 7.27. The number of carbonyl (C=O) groups excluding carboxylic acids is 3. The van der Waals surface area contributed by atoms with Gasteiger partial charge in [-0.3, -0.25) is 19.2 Å². The summed E-state index contributed by atoms with van der Waals surface area (Å²) in [5.74, 6) is -8.44. The van der Waals surface area contributed by atoms with E-state index in [0.717, 1.165) is 33.4 Å². The maximum atomic E-state index is 16.0. The van der Waals surface area contributed by atoms with Gasteiger partial charge in [-0.1, -0.05) is 182 Å². The smallest absolute Gasteiger partial charge is 0.308 e. The molecule has 8 heterocycles. The lowest BCUT2D eigenvalue weighted by molar-refractivity contribution is -0.235. The van der Waals surface area contributed by atoms with Gasteiger partial charge < -0.3 is 83.3 Å². The molecule has 6 aromatic carbocycles. The maximum Gasteiger partial charge on any atom is 0.308 e. The molecule has 8 aromatic rings. The van der Waals surface area contributed by atoms with Crippen LogP contribution in [0.3, 0.4) is 0 Å². The maximum absolute atomic E-state index is 16.0. The molecule has 12 atom stereocenters. The number of imidazole rings is 2. The largest absolute Gasteiger partial charge is 0.481 e. The van der Waals surface area contributed by atoms with Gasteiger partial charge in [-0.2, -0.15) is 0 Å². The lowest BCUT2D eigenvalue weighted by Gasteiger charge is -2.37. The number of amides is 3. The molecule has 6 aliphatic rings. The highest BCUT2D eigenvalue weighted by Gasteiger charge is 2.69. The number of nitrogens with two attached hydrogens (primary N) is 1. The highest BCUT2D eigenvalue weighted by Crippen LogP contribution is 2.50. The second-order valence-corrected chi connectivity index (χ2v) is 28.7. The van der Waals surface area contributed by atoms with E-state index in [4.69, 9.17) is 63.1 Å². The van der Waals surface area contributed by atoms with Crippen molar-refractivity contribution in [3.63, 3.8) is 0 Å². The Balaban J connectivity index is 0.830. The summed E-state index contributed by atoms with van der Waals surface area (Å²) in [5, 5.41) is 19.9. The van der Waals surface area contributed by atoms with Gasteiger partial charge in [0.1, 0.15) is 66.0 Å². The van der Waals surface area contributed by atoms with Gasteiger partial charge in [0.2, 0.25) is 17.7 Å². The Labute approximate surface area is 586 Å². The zero-order chi connectivity index (χ0) is 70.7. The van der Waals surface area contributed by atoms with E-state index in [9.17, 15) is 9.90 Å². The molecule has 6 fully saturated rings. The van der Waals surface area contributed by atoms with Crippen molar-refractivity contribution in [3.8, 4) is 0 Å². The van der Waals surface area contributed by atoms with Gasteiger partial charge in [-0.25, -0.2) is 9.97 Å². The Morgan fingerprint density at radius 1 is 0.465 bits per heavy atom. The van der Waals surface area contributed by atoms with Crippen LogP contribution in [-0.4, -0.2) is 157 Å². The number of benzene rings is 6. The minimum absolute atomic E-state index is 0.0560. The van der Waals surface area contributed by atoms with Gasteiger partial charge in [-0.05, 0) is 88.8 Å². The standard InChI is InChI=1S/C78H86N8O15/c1-71(2)92-45-59(94-71)63-65-67(100-73(5,6)96-65)75(98-63,83-69(90)57(79)39-55-43-85(47-80-55)77(49-27-15-9-16-28-49,50-29-17-10-18-30-50)51-31-19-11-20-32-51)41-61(87)82-58(70(91)84-76(42-62(88)89)68-66(97-74(7,8)101-68)64(99-76)60-46-93-72(3,4)95-60)40-56-44-86(48-81-56)78(52-33-21-12-22-34-52,53-35-23-13-24-36-53)54-37-25-14-26-38-54/h9-38,43-44,47-48,57-60,63-68H,39-42,45-46,79H2,1-8H3,(H,82,87)(H,83,90)(H,84,91)(H,88,89)/t57-,58+,59+,60+,63+,64+,65-,66-,67-,68-,75-,76-/m1/s1. The Morgan fingerprint density at radius 3 is 1.16 bits per heavy atom. The van der Waals surface area contributed by atoms with E-state index in [1.54, 1.807) is 68.0 Å². The number of hydrogen-bond acceptors (Lipinski definition) is 17. The fraction of sp³-hybridized carbons (Fsp3) is 0.410. The zero-order valence-electron chi connectivity index (χ0n) is 57.7. The van der Waals surface area contributed by atoms with Crippen LogP contribution in [0.5, 0.6) is 0 Å². The molecule has 23 heteroatoms. The molecule has 23 nitrogen and oxygen atoms in total. The van der Waals surface area contributed by atoms with Gasteiger partial charge >= 0.3 is 5.97 Å². The molecule has 0 unspecified atom stereocenters. The fourth-order valence-corrected chi connectivity index (χ4v) is 15.8. The Bertz CT molecular complexity index is 4070. The number of aliphatic carboxylic acids is 1. The first-order valence-corrected chi connectivity index (χ1v) is 34.3. The van der Waals surface area contributed by atoms with E-state index in [1.807, 2.05) is 167 Å². The molecule has 0 saturated carbocycles. The van der Waals surface area contributed by atoms with Gasteiger partial charge in [-0.15, -0.1) is 0 Å². The number of carboxylic acids is 1. The summed E-state index contributed by atoms with van der Waals surface area (Å²) in [4.78, 5) is 70.5. The zero-order valence-corrected chi connectivity index (χ0v) is 57.7. The van der Waals surface area contributed by atoms with Crippen LogP contribution in [0.15, 0.2) is 207 Å². The van der Waals surface area contributed by atoms with Gasteiger partial charge in [0.15, 0.2) is 34.6 Å². The second-order valence-electron chi connectivity index (χ2n) is 28.7. The van der Waals surface area contributed by atoms with Crippen molar-refractivity contribution in [2.75, 3.05) is 13.2 Å². The molecule has 0 spiro atoms. The minimum Gasteiger partial charge on any atom is -0.481 e. The van der Waals surface area contributed by atoms with Crippen molar-refractivity contribution in [2.24, 2.45) is 5.73 Å². The van der Waals surface area contributed by atoms with Crippen LogP contribution in [0.25, 0.3) is 0 Å². The fourth-order valence-electron chi connectivity index (χ4n) is 15.8. The first-order chi connectivity index (χ1) is 48.3. The third-order valence-electron chi connectivity index (χ3n) is 19.8. The predicted molar refractivity (Wildman–Crippen MR) is 367 cm³/mol. The van der Waals surface area contributed by atoms with E-state index in [2.05, 4.69) is 52.3 Å². The van der Waals surface area contributed by atoms with E-state index in [-0.39, 0.29) is 26.1 Å². The normalized spacial score (nSPS) is 27.5. The van der Waals surface area contributed by atoms with Crippen molar-refractivity contribution >= 4 is 23.7 Å². The van der Waals surface area contributed by atoms with Gasteiger partial charge in [0.25, 0.3) is 0 Å². The first-order valence-electron chi connectivity index (χ1n) is 34.3. The summed E-state index contributed by atoms with van der Waals surface area (Å²) in [6.07, 6.45) is -2.72. The monoisotopic (exact) mass is 1370 g/mol. The topological polar surface area (TPSA) is 279 Å². The predicted octanol–water partition coefficient (Wildman–Crippen LogP) is 7.99. The molecule has 0 radical (unpaired) electrons. The number of nitrogens with one attached hydrogen (secondary N) is 3. The van der Waals surface area contributed by atoms with Crippen LogP contribution in [0.4, 0.5) is 0 Å². The summed E-state index contributed by atoms with van der Waals surface area (Å²) in [6.45, 7) is 13.9. The Kier molecular flexibility index (Phi) is 18.4. The van der Waals surface area contributed by atoms with Crippen molar-refractivity contribution < 1.29 is 71.7 Å². The number of carboxylic acid groups (broad SMARTS) is 1. The molecule has 6 saturated heterocycles. The van der Waals surface area contributed by atoms with Gasteiger partial charge in [0.05, 0.1) is 56.1 Å². The summed E-state index contributed by atoms with van der Waals surface area (Å²) < 4.78 is 69.1. The van der Waals surface area contributed by atoms with E-state index >= 15 is 14.4 Å². The number of rotatable bonds is 23. The van der Waals surface area contributed by atoms with Crippen molar-refractivity contribution in [1.29, 1.82) is 0 Å². The number of hydrogen-bond donors (Lipinski definition) is 5. The number of nitrogens with zero attached hydrogens (tertiary/aromatic N) is 4. The average molecular weight is 1380 g/mol. The van der Waals surface area contributed by atoms with Crippen LogP contribution in [0, 0.1) is 0 Å². The molecule has 0 bridgehead atoms. The quantitative estimate of drug-likeness (QED) is 0.0379. The van der Waals surface area contributed by atoms with Gasteiger partial charge in [0, 0.05) is 25.2 Å². The first kappa shape index (κ1) is 69.3. The van der Waals surface area contributed by atoms with Crippen molar-refractivity contribution in [1.82, 2.24) is 35.1 Å². The summed E-state index contributed by atoms with van der Waals surface area (Å²) in [7, 11) is 0.